The van der Waals surface area contributed by atoms with E-state index in [0.29, 0.717) is 10.1 Å². The van der Waals surface area contributed by atoms with Gasteiger partial charge in [-0.25, -0.2) is 0 Å². The molecular formula is C15H14ClN3OS. The predicted molar refractivity (Wildman–Crippen MR) is 91.4 cm³/mol. The quantitative estimate of drug-likeness (QED) is 0.513. The van der Waals surface area contributed by atoms with Crippen LogP contribution in [0.25, 0.3) is 0 Å². The minimum absolute atomic E-state index is 0.378. The van der Waals surface area contributed by atoms with Gasteiger partial charge in [-0.05, 0) is 42.5 Å². The second kappa shape index (κ2) is 7.61. The summed E-state index contributed by atoms with van der Waals surface area (Å²) in [6.07, 6.45) is 1.64. The molecule has 0 unspecified atom stereocenters. The SMILES string of the molecule is COc1ccccc1/C=N/NC(=S)Nc1cccc(Cl)c1. The van der Waals surface area contributed by atoms with Crippen molar-refractivity contribution in [2.75, 3.05) is 12.4 Å². The molecule has 6 heteroatoms. The molecule has 0 atom stereocenters. The number of nitrogens with zero attached hydrogens (tertiary/aromatic N) is 1. The zero-order chi connectivity index (χ0) is 15.1. The number of thiocarbonyl (C=S) groups is 1. The molecular weight excluding hydrogens is 306 g/mol. The Bertz CT molecular complexity index is 661. The van der Waals surface area contributed by atoms with Crippen molar-refractivity contribution in [2.45, 2.75) is 0 Å². The Morgan fingerprint density at radius 3 is 2.81 bits per heavy atom. The van der Waals surface area contributed by atoms with Crippen LogP contribution in [0.3, 0.4) is 0 Å². The summed E-state index contributed by atoms with van der Waals surface area (Å²) in [5.41, 5.74) is 4.40. The lowest BCUT2D eigenvalue weighted by atomic mass is 10.2. The lowest BCUT2D eigenvalue weighted by Gasteiger charge is -2.07. The number of nitrogens with one attached hydrogen (secondary N) is 2. The highest BCUT2D eigenvalue weighted by Crippen LogP contribution is 2.15. The van der Waals surface area contributed by atoms with Gasteiger partial charge in [0.25, 0.3) is 0 Å². The third kappa shape index (κ3) is 4.73. The molecule has 2 aromatic rings. The van der Waals surface area contributed by atoms with E-state index >= 15 is 0 Å². The Kier molecular flexibility index (Phi) is 5.54. The molecule has 108 valence electrons. The molecule has 2 rings (SSSR count). The van der Waals surface area contributed by atoms with Crippen LogP contribution in [0.2, 0.25) is 5.02 Å². The van der Waals surface area contributed by atoms with Crippen LogP contribution in [0.15, 0.2) is 53.6 Å². The molecule has 21 heavy (non-hydrogen) atoms. The number of methoxy groups -OCH3 is 1. The van der Waals surface area contributed by atoms with E-state index < -0.39 is 0 Å². The molecule has 0 aliphatic carbocycles. The van der Waals surface area contributed by atoms with E-state index in [2.05, 4.69) is 15.8 Å². The fourth-order valence-corrected chi connectivity index (χ4v) is 2.02. The van der Waals surface area contributed by atoms with Crippen LogP contribution in [-0.2, 0) is 0 Å². The van der Waals surface area contributed by atoms with Gasteiger partial charge < -0.3 is 10.1 Å². The molecule has 0 amide bonds. The number of anilines is 1. The van der Waals surface area contributed by atoms with Gasteiger partial charge in [0, 0.05) is 16.3 Å². The van der Waals surface area contributed by atoms with Crippen LogP contribution in [0.5, 0.6) is 5.75 Å². The molecule has 4 nitrogen and oxygen atoms in total. The molecule has 0 aliphatic rings. The Hall–Kier alpha value is -2.11. The van der Waals surface area contributed by atoms with Gasteiger partial charge in [0.2, 0.25) is 0 Å². The number of hydrogen-bond donors (Lipinski definition) is 2. The lowest BCUT2D eigenvalue weighted by Crippen LogP contribution is -2.23. The van der Waals surface area contributed by atoms with Gasteiger partial charge in [0.15, 0.2) is 5.11 Å². The normalized spacial score (nSPS) is 10.4. The summed E-state index contributed by atoms with van der Waals surface area (Å²) in [5.74, 6) is 0.747. The van der Waals surface area contributed by atoms with Crippen molar-refractivity contribution >= 4 is 40.8 Å². The molecule has 2 N–H and O–H groups in total. The summed E-state index contributed by atoms with van der Waals surface area (Å²) in [6.45, 7) is 0. The Morgan fingerprint density at radius 2 is 2.05 bits per heavy atom. The maximum absolute atomic E-state index is 5.90. The van der Waals surface area contributed by atoms with Crippen LogP contribution < -0.4 is 15.5 Å². The van der Waals surface area contributed by atoms with Gasteiger partial charge in [-0.2, -0.15) is 5.10 Å². The topological polar surface area (TPSA) is 45.6 Å². The molecule has 2 aromatic carbocycles. The Morgan fingerprint density at radius 1 is 1.24 bits per heavy atom. The zero-order valence-corrected chi connectivity index (χ0v) is 12.9. The monoisotopic (exact) mass is 319 g/mol. The van der Waals surface area contributed by atoms with Crippen molar-refractivity contribution in [3.8, 4) is 5.75 Å². The summed E-state index contributed by atoms with van der Waals surface area (Å²) in [4.78, 5) is 0. The van der Waals surface area contributed by atoms with Crippen molar-refractivity contribution in [3.63, 3.8) is 0 Å². The molecule has 0 spiro atoms. The number of benzene rings is 2. The average Bonchev–Trinajstić information content (AvgIpc) is 2.47. The maximum atomic E-state index is 5.90. The van der Waals surface area contributed by atoms with Crippen molar-refractivity contribution in [1.82, 2.24) is 5.43 Å². The lowest BCUT2D eigenvalue weighted by molar-refractivity contribution is 0.414. The summed E-state index contributed by atoms with van der Waals surface area (Å²) < 4.78 is 5.23. The third-order valence-corrected chi connectivity index (χ3v) is 3.02. The van der Waals surface area contributed by atoms with E-state index in [9.17, 15) is 0 Å². The number of ether oxygens (including phenoxy) is 1. The summed E-state index contributed by atoms with van der Waals surface area (Å²) >= 11 is 11.0. The number of hydrogen-bond acceptors (Lipinski definition) is 3. The van der Waals surface area contributed by atoms with Gasteiger partial charge in [0.1, 0.15) is 5.75 Å². The van der Waals surface area contributed by atoms with Crippen LogP contribution >= 0.6 is 23.8 Å². The summed E-state index contributed by atoms with van der Waals surface area (Å²) in [5, 5.41) is 8.08. The van der Waals surface area contributed by atoms with E-state index in [1.165, 1.54) is 0 Å². The number of rotatable bonds is 4. The van der Waals surface area contributed by atoms with Gasteiger partial charge in [-0.1, -0.05) is 29.8 Å². The fraction of sp³-hybridized carbons (Fsp3) is 0.0667. The molecule has 0 heterocycles. The highest BCUT2D eigenvalue weighted by Gasteiger charge is 1.99. The van der Waals surface area contributed by atoms with Crippen molar-refractivity contribution in [1.29, 1.82) is 0 Å². The second-order valence-electron chi connectivity index (χ2n) is 4.08. The minimum atomic E-state index is 0.378. The molecule has 0 fully saturated rings. The largest absolute Gasteiger partial charge is 0.496 e. The van der Waals surface area contributed by atoms with E-state index in [0.717, 1.165) is 17.0 Å². The minimum Gasteiger partial charge on any atom is -0.496 e. The van der Waals surface area contributed by atoms with Gasteiger partial charge in [-0.3, -0.25) is 5.43 Å². The molecule has 0 saturated carbocycles. The van der Waals surface area contributed by atoms with Crippen LogP contribution in [0, 0.1) is 0 Å². The molecule has 0 aromatic heterocycles. The highest BCUT2D eigenvalue weighted by molar-refractivity contribution is 7.80. The maximum Gasteiger partial charge on any atom is 0.191 e. The van der Waals surface area contributed by atoms with Crippen LogP contribution in [-0.4, -0.2) is 18.4 Å². The number of para-hydroxylation sites is 1. The first-order valence-corrected chi connectivity index (χ1v) is 6.96. The van der Waals surface area contributed by atoms with Crippen molar-refractivity contribution in [2.24, 2.45) is 5.10 Å². The molecule has 0 aliphatic heterocycles. The standard InChI is InChI=1S/C15H14ClN3OS/c1-20-14-8-3-2-5-11(14)10-17-19-15(21)18-13-7-4-6-12(16)9-13/h2-10H,1H3,(H2,18,19,21)/b17-10+. The van der Waals surface area contributed by atoms with Crippen molar-refractivity contribution in [3.05, 3.63) is 59.1 Å². The molecule has 0 saturated heterocycles. The van der Waals surface area contributed by atoms with E-state index in [4.69, 9.17) is 28.6 Å². The predicted octanol–water partition coefficient (Wildman–Crippen LogP) is 3.67. The van der Waals surface area contributed by atoms with Gasteiger partial charge in [0.05, 0.1) is 13.3 Å². The first kappa shape index (κ1) is 15.3. The van der Waals surface area contributed by atoms with E-state index in [-0.39, 0.29) is 0 Å². The first-order valence-electron chi connectivity index (χ1n) is 6.17. The molecule has 0 radical (unpaired) electrons. The zero-order valence-electron chi connectivity index (χ0n) is 11.3. The van der Waals surface area contributed by atoms with Crippen molar-refractivity contribution < 1.29 is 4.74 Å². The highest BCUT2D eigenvalue weighted by atomic mass is 35.5. The summed E-state index contributed by atoms with van der Waals surface area (Å²) in [6, 6.07) is 14.8. The molecule has 0 bridgehead atoms. The van der Waals surface area contributed by atoms with E-state index in [1.54, 1.807) is 25.5 Å². The van der Waals surface area contributed by atoms with Crippen LogP contribution in [0.1, 0.15) is 5.56 Å². The third-order valence-electron chi connectivity index (χ3n) is 2.59. The van der Waals surface area contributed by atoms with Gasteiger partial charge in [-0.15, -0.1) is 0 Å². The smallest absolute Gasteiger partial charge is 0.191 e. The fourth-order valence-electron chi connectivity index (χ4n) is 1.66. The Labute approximate surface area is 133 Å². The number of hydrazone groups is 1. The van der Waals surface area contributed by atoms with Gasteiger partial charge >= 0.3 is 0 Å². The van der Waals surface area contributed by atoms with Crippen LogP contribution in [0.4, 0.5) is 5.69 Å². The summed E-state index contributed by atoms with van der Waals surface area (Å²) in [7, 11) is 1.62. The first-order chi connectivity index (χ1) is 10.2. The number of halogens is 1. The Balaban J connectivity index is 1.93. The van der Waals surface area contributed by atoms with E-state index in [1.807, 2.05) is 36.4 Å². The second-order valence-corrected chi connectivity index (χ2v) is 4.92. The average molecular weight is 320 g/mol.